The molecule has 0 amide bonds. The number of esters is 1. The number of hydrogen-bond donors (Lipinski definition) is 0. The molecule has 0 N–H and O–H groups in total. The molecule has 0 spiro atoms. The fourth-order valence-electron chi connectivity index (χ4n) is 1.26. The van der Waals surface area contributed by atoms with E-state index in [1.165, 1.54) is 14.2 Å². The van der Waals surface area contributed by atoms with Crippen LogP contribution in [0.5, 0.6) is 5.75 Å². The van der Waals surface area contributed by atoms with E-state index in [0.29, 0.717) is 21.4 Å². The van der Waals surface area contributed by atoms with Gasteiger partial charge in [-0.1, -0.05) is 28.6 Å². The number of rotatable bonds is 3. The Morgan fingerprint density at radius 2 is 2.07 bits per heavy atom. The number of benzene rings is 1. The van der Waals surface area contributed by atoms with Crippen LogP contribution in [0.4, 0.5) is 0 Å². The Balaban J connectivity index is 3.38. The van der Waals surface area contributed by atoms with E-state index in [1.54, 1.807) is 18.2 Å². The van der Waals surface area contributed by atoms with Gasteiger partial charge in [0.2, 0.25) is 0 Å². The zero-order chi connectivity index (χ0) is 11.4. The molecule has 0 aromatic heterocycles. The van der Waals surface area contributed by atoms with E-state index in [2.05, 4.69) is 27.2 Å². The van der Waals surface area contributed by atoms with Crippen molar-refractivity contribution in [3.8, 4) is 5.75 Å². The van der Waals surface area contributed by atoms with Gasteiger partial charge >= 0.3 is 5.97 Å². The molecule has 15 heavy (non-hydrogen) atoms. The quantitative estimate of drug-likeness (QED) is 0.793. The molecular formula is C11H11BrO3. The van der Waals surface area contributed by atoms with Crippen LogP contribution in [0, 0.1) is 0 Å². The van der Waals surface area contributed by atoms with Crippen molar-refractivity contribution in [2.24, 2.45) is 0 Å². The number of ether oxygens (including phenoxy) is 2. The first kappa shape index (κ1) is 11.8. The average molecular weight is 271 g/mol. The molecule has 0 aliphatic carbocycles. The van der Waals surface area contributed by atoms with Crippen molar-refractivity contribution in [3.05, 3.63) is 35.9 Å². The van der Waals surface area contributed by atoms with Gasteiger partial charge in [-0.3, -0.25) is 0 Å². The van der Waals surface area contributed by atoms with E-state index in [4.69, 9.17) is 4.74 Å². The molecule has 80 valence electrons. The fraction of sp³-hybridized carbons (Fsp3) is 0.182. The van der Waals surface area contributed by atoms with Gasteiger partial charge in [-0.2, -0.15) is 0 Å². The maximum absolute atomic E-state index is 11.5. The van der Waals surface area contributed by atoms with Crippen LogP contribution in [0.1, 0.15) is 15.9 Å². The SMILES string of the molecule is C=C(Br)c1c(OC)cccc1C(=O)OC. The third kappa shape index (κ3) is 2.39. The second-order valence-electron chi connectivity index (χ2n) is 2.78. The third-order valence-electron chi connectivity index (χ3n) is 1.92. The number of carbonyl (C=O) groups is 1. The molecule has 0 saturated heterocycles. The minimum atomic E-state index is -0.412. The molecule has 0 aliphatic rings. The van der Waals surface area contributed by atoms with E-state index >= 15 is 0 Å². The summed E-state index contributed by atoms with van der Waals surface area (Å²) in [6.07, 6.45) is 0. The van der Waals surface area contributed by atoms with E-state index in [0.717, 1.165) is 0 Å². The summed E-state index contributed by atoms with van der Waals surface area (Å²) in [6.45, 7) is 3.74. The standard InChI is InChI=1S/C11H11BrO3/c1-7(12)10-8(11(13)15-3)5-4-6-9(10)14-2/h4-6H,1H2,2-3H3. The van der Waals surface area contributed by atoms with Gasteiger partial charge in [0.05, 0.1) is 19.8 Å². The minimum absolute atomic E-state index is 0.412. The Bertz CT molecular complexity index is 399. The Labute approximate surface area is 96.8 Å². The van der Waals surface area contributed by atoms with Gasteiger partial charge in [-0.15, -0.1) is 0 Å². The first-order chi connectivity index (χ1) is 7.11. The highest BCUT2D eigenvalue weighted by atomic mass is 79.9. The van der Waals surface area contributed by atoms with E-state index in [-0.39, 0.29) is 0 Å². The summed E-state index contributed by atoms with van der Waals surface area (Å²) < 4.78 is 10.4. The Morgan fingerprint density at radius 1 is 1.40 bits per heavy atom. The number of halogens is 1. The van der Waals surface area contributed by atoms with Gasteiger partial charge < -0.3 is 9.47 Å². The molecule has 1 aromatic carbocycles. The van der Waals surface area contributed by atoms with Crippen LogP contribution in [-0.2, 0) is 4.74 Å². The highest BCUT2D eigenvalue weighted by Gasteiger charge is 2.16. The third-order valence-corrected chi connectivity index (χ3v) is 2.32. The molecule has 0 unspecified atom stereocenters. The highest BCUT2D eigenvalue weighted by Crippen LogP contribution is 2.32. The summed E-state index contributed by atoms with van der Waals surface area (Å²) >= 11 is 3.24. The predicted octanol–water partition coefficient (Wildman–Crippen LogP) is 2.85. The van der Waals surface area contributed by atoms with Crippen molar-refractivity contribution in [1.82, 2.24) is 0 Å². The molecule has 1 rings (SSSR count). The normalized spacial score (nSPS) is 9.53. The molecule has 0 fully saturated rings. The number of hydrogen-bond acceptors (Lipinski definition) is 3. The van der Waals surface area contributed by atoms with Crippen LogP contribution in [0.2, 0.25) is 0 Å². The van der Waals surface area contributed by atoms with Crippen molar-refractivity contribution in [1.29, 1.82) is 0 Å². The van der Waals surface area contributed by atoms with Crippen molar-refractivity contribution < 1.29 is 14.3 Å². The summed E-state index contributed by atoms with van der Waals surface area (Å²) in [7, 11) is 2.87. The lowest BCUT2D eigenvalue weighted by Crippen LogP contribution is -2.05. The topological polar surface area (TPSA) is 35.5 Å². The molecule has 0 saturated carbocycles. The molecule has 0 atom stereocenters. The smallest absolute Gasteiger partial charge is 0.338 e. The number of methoxy groups -OCH3 is 2. The molecule has 0 radical (unpaired) electrons. The maximum atomic E-state index is 11.5. The van der Waals surface area contributed by atoms with Gasteiger partial charge in [-0.25, -0.2) is 4.79 Å². The zero-order valence-corrected chi connectivity index (χ0v) is 10.1. The van der Waals surface area contributed by atoms with E-state index in [9.17, 15) is 4.79 Å². The average Bonchev–Trinajstić information content (AvgIpc) is 2.26. The Hall–Kier alpha value is -1.29. The van der Waals surface area contributed by atoms with Crippen LogP contribution in [0.25, 0.3) is 4.48 Å². The highest BCUT2D eigenvalue weighted by molar-refractivity contribution is 9.15. The monoisotopic (exact) mass is 270 g/mol. The minimum Gasteiger partial charge on any atom is -0.496 e. The Kier molecular flexibility index (Phi) is 3.91. The predicted molar refractivity (Wildman–Crippen MR) is 62.3 cm³/mol. The molecule has 0 aliphatic heterocycles. The molecular weight excluding hydrogens is 260 g/mol. The summed E-state index contributed by atoms with van der Waals surface area (Å²) in [5, 5.41) is 0. The lowest BCUT2D eigenvalue weighted by Gasteiger charge is -2.11. The van der Waals surface area contributed by atoms with Gasteiger partial charge in [-0.05, 0) is 12.1 Å². The van der Waals surface area contributed by atoms with E-state index < -0.39 is 5.97 Å². The van der Waals surface area contributed by atoms with Crippen LogP contribution in [-0.4, -0.2) is 20.2 Å². The van der Waals surface area contributed by atoms with Gasteiger partial charge in [0.1, 0.15) is 5.75 Å². The van der Waals surface area contributed by atoms with Crippen LogP contribution >= 0.6 is 15.9 Å². The fourth-order valence-corrected chi connectivity index (χ4v) is 1.67. The molecule has 0 bridgehead atoms. The lowest BCUT2D eigenvalue weighted by atomic mass is 10.1. The molecule has 1 aromatic rings. The van der Waals surface area contributed by atoms with Gasteiger partial charge in [0.25, 0.3) is 0 Å². The van der Waals surface area contributed by atoms with E-state index in [1.807, 2.05) is 0 Å². The van der Waals surface area contributed by atoms with Crippen molar-refractivity contribution in [2.45, 2.75) is 0 Å². The first-order valence-electron chi connectivity index (χ1n) is 4.22. The second-order valence-corrected chi connectivity index (χ2v) is 3.74. The second kappa shape index (κ2) is 4.98. The molecule has 0 heterocycles. The summed E-state index contributed by atoms with van der Waals surface area (Å²) in [5.74, 6) is 0.171. The van der Waals surface area contributed by atoms with Crippen LogP contribution in [0.3, 0.4) is 0 Å². The van der Waals surface area contributed by atoms with Gasteiger partial charge in [0, 0.05) is 10.0 Å². The summed E-state index contributed by atoms with van der Waals surface area (Å²) in [4.78, 5) is 11.5. The summed E-state index contributed by atoms with van der Waals surface area (Å²) in [6, 6.07) is 5.15. The zero-order valence-electron chi connectivity index (χ0n) is 8.54. The largest absolute Gasteiger partial charge is 0.496 e. The van der Waals surface area contributed by atoms with Crippen molar-refractivity contribution in [3.63, 3.8) is 0 Å². The van der Waals surface area contributed by atoms with Crippen LogP contribution in [0.15, 0.2) is 24.8 Å². The maximum Gasteiger partial charge on any atom is 0.338 e. The van der Waals surface area contributed by atoms with Gasteiger partial charge in [0.15, 0.2) is 0 Å². The lowest BCUT2D eigenvalue weighted by molar-refractivity contribution is 0.0600. The van der Waals surface area contributed by atoms with Crippen molar-refractivity contribution >= 4 is 26.4 Å². The Morgan fingerprint density at radius 3 is 2.53 bits per heavy atom. The summed E-state index contributed by atoms with van der Waals surface area (Å²) in [5.41, 5.74) is 1.05. The van der Waals surface area contributed by atoms with Crippen molar-refractivity contribution in [2.75, 3.05) is 14.2 Å². The molecule has 3 nitrogen and oxygen atoms in total. The van der Waals surface area contributed by atoms with Crippen LogP contribution < -0.4 is 4.74 Å². The first-order valence-corrected chi connectivity index (χ1v) is 5.01. The molecule has 4 heteroatoms. The number of carbonyl (C=O) groups excluding carboxylic acids is 1.